The number of aromatic nitrogens is 1. The molecule has 2 aliphatic heterocycles. The number of alkyl halides is 3. The Morgan fingerprint density at radius 1 is 1.20 bits per heavy atom. The van der Waals surface area contributed by atoms with Crippen LogP contribution < -0.4 is 10.2 Å². The topological polar surface area (TPSA) is 48.5 Å². The highest BCUT2D eigenvalue weighted by atomic mass is 35.5. The van der Waals surface area contributed by atoms with Crippen molar-refractivity contribution < 1.29 is 18.0 Å². The predicted molar refractivity (Wildman–Crippen MR) is 112 cm³/mol. The van der Waals surface area contributed by atoms with Crippen LogP contribution in [0.2, 0.25) is 5.02 Å². The first-order valence-electron chi connectivity index (χ1n) is 10.7. The van der Waals surface area contributed by atoms with Crippen molar-refractivity contribution in [3.8, 4) is 0 Å². The Hall–Kier alpha value is -1.54. The Kier molecular flexibility index (Phi) is 7.85. The quantitative estimate of drug-likeness (QED) is 0.665. The molecule has 1 amide bonds. The van der Waals surface area contributed by atoms with E-state index in [9.17, 15) is 18.0 Å². The molecule has 168 valence electrons. The molecule has 0 spiro atoms. The number of carbonyl (C=O) groups excluding carboxylic acids is 1. The van der Waals surface area contributed by atoms with Crippen molar-refractivity contribution in [3.63, 3.8) is 0 Å². The van der Waals surface area contributed by atoms with Crippen LogP contribution in [0.3, 0.4) is 0 Å². The number of piperidine rings is 2. The number of nitrogens with one attached hydrogen (secondary N) is 1. The fourth-order valence-electron chi connectivity index (χ4n) is 4.12. The van der Waals surface area contributed by atoms with E-state index in [1.54, 1.807) is 0 Å². The Balaban J connectivity index is 1.39. The fourth-order valence-corrected chi connectivity index (χ4v) is 4.40. The van der Waals surface area contributed by atoms with Gasteiger partial charge in [-0.1, -0.05) is 18.5 Å². The van der Waals surface area contributed by atoms with Gasteiger partial charge in [-0.25, -0.2) is 4.98 Å². The molecule has 0 unspecified atom stereocenters. The van der Waals surface area contributed by atoms with Crippen molar-refractivity contribution >= 4 is 23.3 Å². The Morgan fingerprint density at radius 3 is 2.47 bits per heavy atom. The number of carbonyl (C=O) groups is 1. The first-order valence-corrected chi connectivity index (χ1v) is 11.1. The summed E-state index contributed by atoms with van der Waals surface area (Å²) in [5.41, 5.74) is -0.857. The average Bonchev–Trinajstić information content (AvgIpc) is 2.72. The highest BCUT2D eigenvalue weighted by Crippen LogP contribution is 2.34. The predicted octanol–water partition coefficient (Wildman–Crippen LogP) is 4.21. The SMILES string of the molecule is CC1CCN(CCCNC(=O)C2CCN(c3ncc(C(F)(F)F)cc3Cl)CC2)CC1. The zero-order chi connectivity index (χ0) is 21.7. The van der Waals surface area contributed by atoms with Crippen LogP contribution in [0, 0.1) is 11.8 Å². The molecule has 9 heteroatoms. The summed E-state index contributed by atoms with van der Waals surface area (Å²) in [5, 5.41) is 3.03. The van der Waals surface area contributed by atoms with E-state index in [1.807, 2.05) is 4.90 Å². The molecule has 1 aromatic heterocycles. The standard InChI is InChI=1S/C21H30ClF3N4O/c1-15-3-9-28(10-4-15)8-2-7-26-20(30)16-5-11-29(12-6-16)19-18(22)13-17(14-27-19)21(23,24)25/h13-16H,2-12H2,1H3,(H,26,30). The summed E-state index contributed by atoms with van der Waals surface area (Å²) in [6.07, 6.45) is 1.06. The van der Waals surface area contributed by atoms with Gasteiger partial charge in [0, 0.05) is 31.7 Å². The smallest absolute Gasteiger partial charge is 0.356 e. The number of amides is 1. The molecule has 0 aromatic carbocycles. The molecule has 2 fully saturated rings. The molecular formula is C21H30ClF3N4O. The number of anilines is 1. The molecule has 2 aliphatic rings. The second kappa shape index (κ2) is 10.2. The maximum atomic E-state index is 12.8. The third kappa shape index (κ3) is 6.23. The summed E-state index contributed by atoms with van der Waals surface area (Å²) in [4.78, 5) is 20.7. The van der Waals surface area contributed by atoms with Crippen molar-refractivity contribution in [2.45, 2.75) is 45.2 Å². The van der Waals surface area contributed by atoms with Gasteiger partial charge in [-0.3, -0.25) is 4.79 Å². The van der Waals surface area contributed by atoms with Crippen LogP contribution in [0.15, 0.2) is 12.3 Å². The van der Waals surface area contributed by atoms with Gasteiger partial charge in [-0.2, -0.15) is 13.2 Å². The summed E-state index contributed by atoms with van der Waals surface area (Å²) in [7, 11) is 0. The number of nitrogens with zero attached hydrogens (tertiary/aromatic N) is 3. The van der Waals surface area contributed by atoms with Crippen LogP contribution >= 0.6 is 11.6 Å². The average molecular weight is 447 g/mol. The molecule has 3 rings (SSSR count). The fraction of sp³-hybridized carbons (Fsp3) is 0.714. The van der Waals surface area contributed by atoms with E-state index in [-0.39, 0.29) is 16.8 Å². The van der Waals surface area contributed by atoms with Crippen LogP contribution in [-0.2, 0) is 11.0 Å². The van der Waals surface area contributed by atoms with Crippen molar-refractivity contribution in [3.05, 3.63) is 22.8 Å². The summed E-state index contributed by atoms with van der Waals surface area (Å²) in [6, 6.07) is 0.908. The molecule has 30 heavy (non-hydrogen) atoms. The molecule has 1 aromatic rings. The molecule has 1 N–H and O–H groups in total. The van der Waals surface area contributed by atoms with Gasteiger partial charge in [0.05, 0.1) is 10.6 Å². The van der Waals surface area contributed by atoms with E-state index in [0.29, 0.717) is 38.3 Å². The molecule has 2 saturated heterocycles. The van der Waals surface area contributed by atoms with Gasteiger partial charge in [0.2, 0.25) is 5.91 Å². The minimum Gasteiger partial charge on any atom is -0.356 e. The summed E-state index contributed by atoms with van der Waals surface area (Å²) in [6.45, 7) is 7.37. The highest BCUT2D eigenvalue weighted by molar-refractivity contribution is 6.33. The summed E-state index contributed by atoms with van der Waals surface area (Å²) >= 11 is 6.04. The molecule has 0 bridgehead atoms. The van der Waals surface area contributed by atoms with Gasteiger partial charge in [-0.15, -0.1) is 0 Å². The van der Waals surface area contributed by atoms with Gasteiger partial charge in [0.15, 0.2) is 0 Å². The minimum absolute atomic E-state index is 0.0140. The second-order valence-electron chi connectivity index (χ2n) is 8.46. The lowest BCUT2D eigenvalue weighted by molar-refractivity contribution is -0.137. The van der Waals surface area contributed by atoms with Crippen molar-refractivity contribution in [1.82, 2.24) is 15.2 Å². The lowest BCUT2D eigenvalue weighted by Gasteiger charge is -2.33. The molecular weight excluding hydrogens is 417 g/mol. The Morgan fingerprint density at radius 2 is 1.87 bits per heavy atom. The van der Waals surface area contributed by atoms with Crippen LogP contribution in [-0.4, -0.2) is 55.1 Å². The van der Waals surface area contributed by atoms with E-state index in [1.165, 1.54) is 12.8 Å². The van der Waals surface area contributed by atoms with Crippen molar-refractivity contribution in [1.29, 1.82) is 0 Å². The monoisotopic (exact) mass is 446 g/mol. The molecule has 0 atom stereocenters. The number of hydrogen-bond acceptors (Lipinski definition) is 4. The third-order valence-electron chi connectivity index (χ3n) is 6.14. The van der Waals surface area contributed by atoms with Crippen LogP contribution in [0.4, 0.5) is 19.0 Å². The van der Waals surface area contributed by atoms with Gasteiger partial charge in [0.25, 0.3) is 0 Å². The van der Waals surface area contributed by atoms with Crippen molar-refractivity contribution in [2.24, 2.45) is 11.8 Å². The van der Waals surface area contributed by atoms with Crippen LogP contribution in [0.5, 0.6) is 0 Å². The zero-order valence-corrected chi connectivity index (χ0v) is 18.1. The van der Waals surface area contributed by atoms with E-state index < -0.39 is 11.7 Å². The van der Waals surface area contributed by atoms with Gasteiger partial charge in [0.1, 0.15) is 5.82 Å². The Bertz CT molecular complexity index is 715. The van der Waals surface area contributed by atoms with Gasteiger partial charge in [-0.05, 0) is 63.7 Å². The molecule has 5 nitrogen and oxygen atoms in total. The lowest BCUT2D eigenvalue weighted by Crippen LogP contribution is -2.41. The molecule has 3 heterocycles. The van der Waals surface area contributed by atoms with Gasteiger partial charge < -0.3 is 15.1 Å². The lowest BCUT2D eigenvalue weighted by atomic mass is 9.96. The normalized spacial score (nSPS) is 19.8. The van der Waals surface area contributed by atoms with Crippen LogP contribution in [0.25, 0.3) is 0 Å². The number of likely N-dealkylation sites (tertiary alicyclic amines) is 1. The van der Waals surface area contributed by atoms with E-state index in [4.69, 9.17) is 11.6 Å². The Labute approximate surface area is 181 Å². The minimum atomic E-state index is -4.47. The molecule has 0 saturated carbocycles. The van der Waals surface area contributed by atoms with Gasteiger partial charge >= 0.3 is 6.18 Å². The number of pyridine rings is 1. The maximum Gasteiger partial charge on any atom is 0.417 e. The summed E-state index contributed by atoms with van der Waals surface area (Å²) < 4.78 is 38.3. The largest absolute Gasteiger partial charge is 0.417 e. The number of rotatable bonds is 6. The molecule has 0 aliphatic carbocycles. The summed E-state index contributed by atoms with van der Waals surface area (Å²) in [5.74, 6) is 1.15. The highest BCUT2D eigenvalue weighted by Gasteiger charge is 2.33. The first-order chi connectivity index (χ1) is 14.2. The van der Waals surface area contributed by atoms with Crippen molar-refractivity contribution in [2.75, 3.05) is 44.2 Å². The number of halogens is 4. The van der Waals surface area contributed by atoms with Crippen LogP contribution in [0.1, 0.15) is 44.6 Å². The second-order valence-corrected chi connectivity index (χ2v) is 8.86. The third-order valence-corrected chi connectivity index (χ3v) is 6.42. The zero-order valence-electron chi connectivity index (χ0n) is 17.3. The number of hydrogen-bond donors (Lipinski definition) is 1. The first kappa shape index (κ1) is 23.1. The van der Waals surface area contributed by atoms with E-state index in [0.717, 1.165) is 44.2 Å². The molecule has 0 radical (unpaired) electrons. The maximum absolute atomic E-state index is 12.8. The van der Waals surface area contributed by atoms with E-state index >= 15 is 0 Å². The van der Waals surface area contributed by atoms with E-state index in [2.05, 4.69) is 22.1 Å².